The first-order chi connectivity index (χ1) is 17.0. The van der Waals surface area contributed by atoms with Gasteiger partial charge in [0.2, 0.25) is 23.6 Å². The maximum Gasteiger partial charge on any atom is 0.238 e. The van der Waals surface area contributed by atoms with Crippen molar-refractivity contribution in [2.75, 3.05) is 9.80 Å². The van der Waals surface area contributed by atoms with E-state index in [1.165, 1.54) is 9.80 Å². The van der Waals surface area contributed by atoms with E-state index in [0.717, 1.165) is 9.81 Å². The number of nitrogens with zero attached hydrogens (tertiary/aromatic N) is 2. The maximum atomic E-state index is 13.2. The van der Waals surface area contributed by atoms with Crippen LogP contribution in [0.15, 0.2) is 82.6 Å². The molecule has 4 aliphatic rings. The third-order valence-electron chi connectivity index (χ3n) is 7.45. The minimum absolute atomic E-state index is 0.123. The summed E-state index contributed by atoms with van der Waals surface area (Å²) in [5.74, 6) is -1.85. The monoisotopic (exact) mass is 484 g/mol. The fourth-order valence-corrected chi connectivity index (χ4v) is 6.90. The summed E-state index contributed by atoms with van der Waals surface area (Å²) in [6.07, 6.45) is 6.26. The van der Waals surface area contributed by atoms with Crippen molar-refractivity contribution >= 4 is 46.8 Å². The first-order valence-electron chi connectivity index (χ1n) is 11.9. The van der Waals surface area contributed by atoms with Crippen LogP contribution in [0.3, 0.4) is 0 Å². The molecule has 2 aromatic rings. The van der Waals surface area contributed by atoms with Gasteiger partial charge in [-0.2, -0.15) is 0 Å². The summed E-state index contributed by atoms with van der Waals surface area (Å²) in [5, 5.41) is 0. The average Bonchev–Trinajstić information content (AvgIpc) is 3.28. The smallest absolute Gasteiger partial charge is 0.238 e. The Bertz CT molecular complexity index is 1190. The van der Waals surface area contributed by atoms with E-state index in [1.807, 2.05) is 36.4 Å². The number of hydrogen-bond acceptors (Lipinski definition) is 5. The second kappa shape index (κ2) is 8.64. The number of thioether (sulfide) groups is 1. The van der Waals surface area contributed by atoms with Gasteiger partial charge in [0.1, 0.15) is 0 Å². The lowest BCUT2D eigenvalue weighted by Gasteiger charge is -2.25. The molecule has 0 N–H and O–H groups in total. The number of carbonyl (C=O) groups is 4. The molecule has 2 aliphatic carbocycles. The molecule has 0 radical (unpaired) electrons. The van der Waals surface area contributed by atoms with Gasteiger partial charge < -0.3 is 0 Å². The third kappa shape index (κ3) is 3.65. The van der Waals surface area contributed by atoms with Crippen molar-refractivity contribution in [3.8, 4) is 0 Å². The zero-order valence-electron chi connectivity index (χ0n) is 19.0. The van der Waals surface area contributed by atoms with E-state index < -0.39 is 0 Å². The molecule has 0 aromatic heterocycles. The molecule has 4 atom stereocenters. The van der Waals surface area contributed by atoms with Crippen LogP contribution in [-0.2, 0) is 19.2 Å². The minimum Gasteiger partial charge on any atom is -0.274 e. The molecule has 2 aromatic carbocycles. The number of para-hydroxylation sites is 2. The van der Waals surface area contributed by atoms with Gasteiger partial charge in [0.05, 0.1) is 35.0 Å². The van der Waals surface area contributed by atoms with E-state index >= 15 is 0 Å². The van der Waals surface area contributed by atoms with Crippen LogP contribution in [0.4, 0.5) is 11.4 Å². The number of imide groups is 2. The highest BCUT2D eigenvalue weighted by Crippen LogP contribution is 2.48. The molecule has 2 fully saturated rings. The summed E-state index contributed by atoms with van der Waals surface area (Å²) in [5.41, 5.74) is 1.25. The first-order valence-corrected chi connectivity index (χ1v) is 12.8. The molecular weight excluding hydrogens is 460 g/mol. The van der Waals surface area contributed by atoms with Crippen LogP contribution in [0.1, 0.15) is 25.7 Å². The van der Waals surface area contributed by atoms with Gasteiger partial charge in [-0.25, -0.2) is 0 Å². The third-order valence-corrected chi connectivity index (χ3v) is 8.64. The molecule has 0 saturated carbocycles. The highest BCUT2D eigenvalue weighted by Gasteiger charge is 2.51. The van der Waals surface area contributed by atoms with Crippen LogP contribution < -0.4 is 9.80 Å². The Morgan fingerprint density at radius 3 is 1.31 bits per heavy atom. The van der Waals surface area contributed by atoms with Crippen molar-refractivity contribution in [2.45, 2.75) is 25.7 Å². The second-order valence-corrected chi connectivity index (χ2v) is 10.7. The first kappa shape index (κ1) is 22.0. The molecule has 4 unspecified atom stereocenters. The van der Waals surface area contributed by atoms with Gasteiger partial charge in [0, 0.05) is 0 Å². The van der Waals surface area contributed by atoms with Gasteiger partial charge in [-0.15, -0.1) is 0 Å². The molecule has 6 rings (SSSR count). The molecule has 4 amide bonds. The number of hydrogen-bond donors (Lipinski definition) is 0. The minimum atomic E-state index is -0.351. The van der Waals surface area contributed by atoms with Crippen molar-refractivity contribution in [2.24, 2.45) is 23.7 Å². The Balaban J connectivity index is 1.15. The second-order valence-electron chi connectivity index (χ2n) is 9.44. The van der Waals surface area contributed by atoms with E-state index in [0.29, 0.717) is 37.1 Å². The Morgan fingerprint density at radius 2 is 0.914 bits per heavy atom. The fraction of sp³-hybridized carbons (Fsp3) is 0.286. The lowest BCUT2D eigenvalue weighted by molar-refractivity contribution is -0.124. The van der Waals surface area contributed by atoms with Crippen molar-refractivity contribution in [1.82, 2.24) is 0 Å². The molecular formula is C28H24N2O4S. The number of rotatable bonds is 4. The standard InChI is InChI=1S/C28H24N2O4S/c31-25-21-13-11-19(15-23(21)27(33)29(25)17-7-3-1-4-8-17)35-20-12-14-22-24(16-20)28(34)30(26(22)32)18-9-5-2-6-10-18/h1-12,21-24H,13-16H2. The predicted molar refractivity (Wildman–Crippen MR) is 134 cm³/mol. The SMILES string of the molecule is O=C1C2CC=C(SC3=CCC4C(=O)N(c5ccccc5)C(=O)C4C3)CC2C(=O)N1c1ccccc1. The molecule has 2 aliphatic heterocycles. The van der Waals surface area contributed by atoms with Crippen molar-refractivity contribution < 1.29 is 19.2 Å². The summed E-state index contributed by atoms with van der Waals surface area (Å²) >= 11 is 1.60. The van der Waals surface area contributed by atoms with Crippen LogP contribution in [0.25, 0.3) is 0 Å². The van der Waals surface area contributed by atoms with Crippen LogP contribution in [-0.4, -0.2) is 23.6 Å². The zero-order valence-corrected chi connectivity index (χ0v) is 19.8. The largest absolute Gasteiger partial charge is 0.274 e. The van der Waals surface area contributed by atoms with E-state index in [2.05, 4.69) is 12.2 Å². The van der Waals surface area contributed by atoms with Crippen LogP contribution in [0.2, 0.25) is 0 Å². The van der Waals surface area contributed by atoms with Crippen LogP contribution in [0, 0.1) is 23.7 Å². The van der Waals surface area contributed by atoms with Gasteiger partial charge in [0.15, 0.2) is 0 Å². The van der Waals surface area contributed by atoms with E-state index in [1.54, 1.807) is 36.0 Å². The summed E-state index contributed by atoms with van der Waals surface area (Å²) in [6, 6.07) is 18.2. The van der Waals surface area contributed by atoms with E-state index in [-0.39, 0.29) is 47.3 Å². The molecule has 0 bridgehead atoms. The molecule has 2 heterocycles. The van der Waals surface area contributed by atoms with Crippen molar-refractivity contribution in [3.63, 3.8) is 0 Å². The van der Waals surface area contributed by atoms with Crippen LogP contribution in [0.5, 0.6) is 0 Å². The summed E-state index contributed by atoms with van der Waals surface area (Å²) in [7, 11) is 0. The quantitative estimate of drug-likeness (QED) is 0.589. The molecule has 0 spiro atoms. The summed E-state index contributed by atoms with van der Waals surface area (Å²) in [4.78, 5) is 57.0. The lowest BCUT2D eigenvalue weighted by Crippen LogP contribution is -2.30. The number of carbonyl (C=O) groups excluding carboxylic acids is 4. The Hall–Kier alpha value is -3.45. The van der Waals surface area contributed by atoms with Gasteiger partial charge in [-0.3, -0.25) is 29.0 Å². The Labute approximate surface area is 207 Å². The van der Waals surface area contributed by atoms with Crippen molar-refractivity contribution in [3.05, 3.63) is 82.6 Å². The topological polar surface area (TPSA) is 74.8 Å². The molecule has 176 valence electrons. The number of fused-ring (bicyclic) bond motifs is 2. The van der Waals surface area contributed by atoms with Crippen molar-refractivity contribution in [1.29, 1.82) is 0 Å². The molecule has 6 nitrogen and oxygen atoms in total. The van der Waals surface area contributed by atoms with Gasteiger partial charge in [-0.05, 0) is 59.8 Å². The lowest BCUT2D eigenvalue weighted by atomic mass is 9.85. The Morgan fingerprint density at radius 1 is 0.543 bits per heavy atom. The predicted octanol–water partition coefficient (Wildman–Crippen LogP) is 4.69. The number of amides is 4. The van der Waals surface area contributed by atoms with Gasteiger partial charge >= 0.3 is 0 Å². The highest BCUT2D eigenvalue weighted by molar-refractivity contribution is 8.06. The Kier molecular flexibility index (Phi) is 5.44. The summed E-state index contributed by atoms with van der Waals surface area (Å²) in [6.45, 7) is 0. The average molecular weight is 485 g/mol. The zero-order chi connectivity index (χ0) is 24.1. The van der Waals surface area contributed by atoms with Gasteiger partial charge in [0.25, 0.3) is 0 Å². The fourth-order valence-electron chi connectivity index (χ4n) is 5.67. The normalized spacial score (nSPS) is 28.1. The van der Waals surface area contributed by atoms with Gasteiger partial charge in [-0.1, -0.05) is 60.3 Å². The molecule has 2 saturated heterocycles. The molecule has 7 heteroatoms. The maximum absolute atomic E-state index is 13.2. The number of anilines is 2. The van der Waals surface area contributed by atoms with E-state index in [9.17, 15) is 19.2 Å². The molecule has 35 heavy (non-hydrogen) atoms. The number of allylic oxidation sites excluding steroid dienone is 4. The number of benzene rings is 2. The van der Waals surface area contributed by atoms with E-state index in [4.69, 9.17) is 0 Å². The summed E-state index contributed by atoms with van der Waals surface area (Å²) < 4.78 is 0. The highest BCUT2D eigenvalue weighted by atomic mass is 32.2. The van der Waals surface area contributed by atoms with Crippen LogP contribution >= 0.6 is 11.8 Å².